The van der Waals surface area contributed by atoms with Gasteiger partial charge in [0.15, 0.2) is 0 Å². The molecule has 0 spiro atoms. The SMILES string of the molecule is COc1ncc(CBr)c(C)n1. The molecular weight excluding hydrogens is 208 g/mol. The van der Waals surface area contributed by atoms with Crippen molar-refractivity contribution >= 4 is 15.9 Å². The lowest BCUT2D eigenvalue weighted by atomic mass is 10.3. The van der Waals surface area contributed by atoms with Crippen LogP contribution in [0.3, 0.4) is 0 Å². The number of methoxy groups -OCH3 is 1. The predicted molar refractivity (Wildman–Crippen MR) is 46.0 cm³/mol. The first-order valence-electron chi connectivity index (χ1n) is 3.20. The Hall–Kier alpha value is -0.640. The smallest absolute Gasteiger partial charge is 0.316 e. The van der Waals surface area contributed by atoms with Crippen LogP contribution in [0.4, 0.5) is 0 Å². The monoisotopic (exact) mass is 216 g/mol. The largest absolute Gasteiger partial charge is 0.467 e. The van der Waals surface area contributed by atoms with E-state index in [0.717, 1.165) is 16.6 Å². The molecular formula is C7H9BrN2O. The number of nitrogens with zero attached hydrogens (tertiary/aromatic N) is 2. The van der Waals surface area contributed by atoms with E-state index in [9.17, 15) is 0 Å². The van der Waals surface area contributed by atoms with Crippen molar-refractivity contribution in [3.05, 3.63) is 17.5 Å². The van der Waals surface area contributed by atoms with E-state index in [1.165, 1.54) is 0 Å². The summed E-state index contributed by atoms with van der Waals surface area (Å²) >= 11 is 3.33. The molecule has 0 bridgehead atoms. The minimum atomic E-state index is 0.423. The standard InChI is InChI=1S/C7H9BrN2O/c1-5-6(3-8)4-9-7(10-5)11-2/h4H,3H2,1-2H3. The highest BCUT2D eigenvalue weighted by Gasteiger charge is 2.00. The van der Waals surface area contributed by atoms with Crippen LogP contribution >= 0.6 is 15.9 Å². The van der Waals surface area contributed by atoms with Crippen molar-refractivity contribution in [2.24, 2.45) is 0 Å². The first-order valence-corrected chi connectivity index (χ1v) is 4.32. The number of aromatic nitrogens is 2. The van der Waals surface area contributed by atoms with Gasteiger partial charge in [-0.2, -0.15) is 0 Å². The summed E-state index contributed by atoms with van der Waals surface area (Å²) in [6.45, 7) is 1.93. The van der Waals surface area contributed by atoms with E-state index in [-0.39, 0.29) is 0 Å². The summed E-state index contributed by atoms with van der Waals surface area (Å²) in [6.07, 6.45) is 1.76. The molecule has 60 valence electrons. The molecule has 1 rings (SSSR count). The summed E-state index contributed by atoms with van der Waals surface area (Å²) in [5, 5.41) is 0.781. The van der Waals surface area contributed by atoms with Gasteiger partial charge in [0, 0.05) is 22.8 Å². The van der Waals surface area contributed by atoms with Gasteiger partial charge in [-0.05, 0) is 6.92 Å². The normalized spacial score (nSPS) is 9.73. The van der Waals surface area contributed by atoms with Gasteiger partial charge >= 0.3 is 6.01 Å². The maximum absolute atomic E-state index is 4.86. The van der Waals surface area contributed by atoms with Crippen LogP contribution in [0.2, 0.25) is 0 Å². The lowest BCUT2D eigenvalue weighted by Gasteiger charge is -2.01. The van der Waals surface area contributed by atoms with Crippen molar-refractivity contribution in [2.75, 3.05) is 7.11 Å². The Kier molecular flexibility index (Phi) is 2.82. The Labute approximate surface area is 73.9 Å². The van der Waals surface area contributed by atoms with Crippen molar-refractivity contribution in [3.63, 3.8) is 0 Å². The molecule has 0 aliphatic carbocycles. The number of ether oxygens (including phenoxy) is 1. The highest BCUT2D eigenvalue weighted by atomic mass is 79.9. The van der Waals surface area contributed by atoms with Crippen LogP contribution in [0.1, 0.15) is 11.3 Å². The summed E-state index contributed by atoms with van der Waals surface area (Å²) < 4.78 is 4.86. The molecule has 0 saturated carbocycles. The molecule has 0 aromatic carbocycles. The molecule has 1 heterocycles. The van der Waals surface area contributed by atoms with Crippen LogP contribution < -0.4 is 4.74 Å². The fourth-order valence-electron chi connectivity index (χ4n) is 0.700. The van der Waals surface area contributed by atoms with Gasteiger partial charge in [-0.1, -0.05) is 15.9 Å². The van der Waals surface area contributed by atoms with Gasteiger partial charge in [-0.25, -0.2) is 9.97 Å². The lowest BCUT2D eigenvalue weighted by molar-refractivity contribution is 0.378. The maximum Gasteiger partial charge on any atom is 0.316 e. The van der Waals surface area contributed by atoms with Crippen LogP contribution in [0.5, 0.6) is 6.01 Å². The fourth-order valence-corrected chi connectivity index (χ4v) is 1.25. The van der Waals surface area contributed by atoms with E-state index >= 15 is 0 Å². The van der Waals surface area contributed by atoms with Crippen LogP contribution in [-0.2, 0) is 5.33 Å². The van der Waals surface area contributed by atoms with E-state index in [1.54, 1.807) is 13.3 Å². The summed E-state index contributed by atoms with van der Waals surface area (Å²) in [5.74, 6) is 0. The second-order valence-electron chi connectivity index (χ2n) is 2.10. The average Bonchev–Trinajstić information content (AvgIpc) is 2.04. The van der Waals surface area contributed by atoms with Crippen LogP contribution in [0.15, 0.2) is 6.20 Å². The third-order valence-corrected chi connectivity index (χ3v) is 1.99. The molecule has 4 heteroatoms. The molecule has 11 heavy (non-hydrogen) atoms. The molecule has 0 aliphatic heterocycles. The first-order chi connectivity index (χ1) is 5.27. The molecule has 0 atom stereocenters. The molecule has 0 amide bonds. The second-order valence-corrected chi connectivity index (χ2v) is 2.66. The van der Waals surface area contributed by atoms with Crippen molar-refractivity contribution in [1.82, 2.24) is 9.97 Å². The van der Waals surface area contributed by atoms with E-state index in [0.29, 0.717) is 6.01 Å². The number of hydrogen-bond donors (Lipinski definition) is 0. The van der Waals surface area contributed by atoms with Crippen LogP contribution in [0, 0.1) is 6.92 Å². The van der Waals surface area contributed by atoms with Gasteiger partial charge in [-0.3, -0.25) is 0 Å². The van der Waals surface area contributed by atoms with Gasteiger partial charge in [-0.15, -0.1) is 0 Å². The Morgan fingerprint density at radius 2 is 2.36 bits per heavy atom. The molecule has 1 aromatic heterocycles. The summed E-state index contributed by atoms with van der Waals surface area (Å²) in [4.78, 5) is 8.06. The minimum Gasteiger partial charge on any atom is -0.467 e. The lowest BCUT2D eigenvalue weighted by Crippen LogP contribution is -1.96. The molecule has 0 aliphatic rings. The van der Waals surface area contributed by atoms with E-state index in [2.05, 4.69) is 25.9 Å². The van der Waals surface area contributed by atoms with Crippen molar-refractivity contribution in [1.29, 1.82) is 0 Å². The number of aryl methyl sites for hydroxylation is 1. The number of hydrogen-bond acceptors (Lipinski definition) is 3. The Morgan fingerprint density at radius 3 is 2.82 bits per heavy atom. The first kappa shape index (κ1) is 8.46. The highest BCUT2D eigenvalue weighted by Crippen LogP contribution is 2.10. The Morgan fingerprint density at radius 1 is 1.64 bits per heavy atom. The second kappa shape index (κ2) is 3.67. The maximum atomic E-state index is 4.86. The van der Waals surface area contributed by atoms with Crippen LogP contribution in [-0.4, -0.2) is 17.1 Å². The molecule has 0 unspecified atom stereocenters. The number of halogens is 1. The zero-order chi connectivity index (χ0) is 8.27. The summed E-state index contributed by atoms with van der Waals surface area (Å²) in [5.41, 5.74) is 2.04. The Balaban J connectivity index is 2.99. The molecule has 1 aromatic rings. The third-order valence-electron chi connectivity index (χ3n) is 1.39. The van der Waals surface area contributed by atoms with Gasteiger partial charge in [0.1, 0.15) is 0 Å². The van der Waals surface area contributed by atoms with Gasteiger partial charge in [0.25, 0.3) is 0 Å². The van der Waals surface area contributed by atoms with E-state index in [1.807, 2.05) is 6.92 Å². The van der Waals surface area contributed by atoms with E-state index < -0.39 is 0 Å². The third kappa shape index (κ3) is 1.89. The van der Waals surface area contributed by atoms with Crippen molar-refractivity contribution in [3.8, 4) is 6.01 Å². The molecule has 0 N–H and O–H groups in total. The van der Waals surface area contributed by atoms with Gasteiger partial charge < -0.3 is 4.74 Å². The minimum absolute atomic E-state index is 0.423. The van der Waals surface area contributed by atoms with Crippen molar-refractivity contribution < 1.29 is 4.74 Å². The fraction of sp³-hybridized carbons (Fsp3) is 0.429. The zero-order valence-electron chi connectivity index (χ0n) is 6.47. The van der Waals surface area contributed by atoms with Crippen LogP contribution in [0.25, 0.3) is 0 Å². The number of alkyl halides is 1. The number of rotatable bonds is 2. The topological polar surface area (TPSA) is 35.0 Å². The summed E-state index contributed by atoms with van der Waals surface area (Å²) in [7, 11) is 1.56. The van der Waals surface area contributed by atoms with Gasteiger partial charge in [0.2, 0.25) is 0 Å². The predicted octanol–water partition coefficient (Wildman–Crippen LogP) is 1.69. The zero-order valence-corrected chi connectivity index (χ0v) is 8.05. The summed E-state index contributed by atoms with van der Waals surface area (Å²) in [6, 6.07) is 0.423. The molecule has 0 fully saturated rings. The molecule has 0 saturated heterocycles. The van der Waals surface area contributed by atoms with Crippen molar-refractivity contribution in [2.45, 2.75) is 12.3 Å². The molecule has 0 radical (unpaired) electrons. The van der Waals surface area contributed by atoms with E-state index in [4.69, 9.17) is 4.74 Å². The Bertz CT molecular complexity index is 252. The quantitative estimate of drug-likeness (QED) is 0.707. The highest BCUT2D eigenvalue weighted by molar-refractivity contribution is 9.08. The van der Waals surface area contributed by atoms with Gasteiger partial charge in [0.05, 0.1) is 7.11 Å². The average molecular weight is 217 g/mol. The molecule has 3 nitrogen and oxygen atoms in total.